The van der Waals surface area contributed by atoms with Crippen molar-refractivity contribution < 1.29 is 29.3 Å². The highest BCUT2D eigenvalue weighted by molar-refractivity contribution is 5.80. The third-order valence-electron chi connectivity index (χ3n) is 4.85. The van der Waals surface area contributed by atoms with Gasteiger partial charge in [0.2, 0.25) is 11.8 Å². The Hall–Kier alpha value is -2.12. The van der Waals surface area contributed by atoms with Gasteiger partial charge in [0.25, 0.3) is 0 Å². The highest BCUT2D eigenvalue weighted by Crippen LogP contribution is 2.21. The van der Waals surface area contributed by atoms with E-state index in [1.807, 2.05) is 30.3 Å². The van der Waals surface area contributed by atoms with Crippen LogP contribution in [0.25, 0.3) is 0 Å². The topological polar surface area (TPSA) is 195 Å². The summed E-state index contributed by atoms with van der Waals surface area (Å²) < 4.78 is 11.2. The minimum absolute atomic E-state index is 0.0469. The molecule has 30 heavy (non-hydrogen) atoms. The molecule has 0 aliphatic carbocycles. The maximum Gasteiger partial charge on any atom is 0.234 e. The number of carbonyl (C=O) groups is 2. The zero-order valence-corrected chi connectivity index (χ0v) is 16.6. The van der Waals surface area contributed by atoms with Crippen molar-refractivity contribution in [3.8, 4) is 0 Å². The van der Waals surface area contributed by atoms with Gasteiger partial charge in [0.15, 0.2) is 6.29 Å². The second kappa shape index (κ2) is 11.9. The number of hydrogen-bond donors (Lipinski definition) is 7. The fraction of sp³-hybridized carbons (Fsp3) is 0.579. The van der Waals surface area contributed by atoms with E-state index in [9.17, 15) is 19.8 Å². The van der Waals surface area contributed by atoms with Crippen LogP contribution in [-0.2, 0) is 25.5 Å². The van der Waals surface area contributed by atoms with E-state index in [1.165, 1.54) is 0 Å². The first-order valence-corrected chi connectivity index (χ1v) is 9.76. The number of nitrogens with two attached hydrogens (primary N) is 3. The fourth-order valence-electron chi connectivity index (χ4n) is 3.20. The molecular formula is C19H31N5O6. The number of primary amides is 1. The van der Waals surface area contributed by atoms with Crippen LogP contribution in [0, 0.1) is 0 Å². The molecular weight excluding hydrogens is 394 g/mol. The van der Waals surface area contributed by atoms with Crippen molar-refractivity contribution in [2.45, 2.75) is 43.1 Å². The molecule has 1 aliphatic rings. The van der Waals surface area contributed by atoms with E-state index >= 15 is 0 Å². The van der Waals surface area contributed by atoms with Gasteiger partial charge in [-0.1, -0.05) is 30.3 Å². The Labute approximate surface area is 174 Å². The Morgan fingerprint density at radius 2 is 1.87 bits per heavy atom. The van der Waals surface area contributed by atoms with Crippen LogP contribution in [-0.4, -0.2) is 85.0 Å². The molecule has 6 atom stereocenters. The number of ether oxygens (including phenoxy) is 2. The van der Waals surface area contributed by atoms with Gasteiger partial charge >= 0.3 is 0 Å². The number of aliphatic hydroxyl groups excluding tert-OH is 2. The quantitative estimate of drug-likeness (QED) is 0.176. The number of hydrogen-bond acceptors (Lipinski definition) is 9. The second-order valence-corrected chi connectivity index (χ2v) is 7.03. The lowest BCUT2D eigenvalue weighted by Crippen LogP contribution is -2.65. The van der Waals surface area contributed by atoms with Crippen LogP contribution in [0.4, 0.5) is 0 Å². The number of rotatable bonds is 11. The highest BCUT2D eigenvalue weighted by atomic mass is 16.7. The zero-order chi connectivity index (χ0) is 22.1. The molecule has 0 saturated carbocycles. The van der Waals surface area contributed by atoms with E-state index in [2.05, 4.69) is 10.6 Å². The summed E-state index contributed by atoms with van der Waals surface area (Å²) in [5, 5.41) is 25.9. The van der Waals surface area contributed by atoms with Crippen molar-refractivity contribution in [2.75, 3.05) is 26.2 Å². The van der Waals surface area contributed by atoms with Crippen molar-refractivity contribution in [1.29, 1.82) is 0 Å². The van der Waals surface area contributed by atoms with E-state index in [4.69, 9.17) is 26.7 Å². The predicted molar refractivity (Wildman–Crippen MR) is 108 cm³/mol. The Bertz CT molecular complexity index is 679. The molecule has 168 valence electrons. The standard InChI is InChI=1S/C19H31N5O6/c20-9-13-16(26)17(27)15(24-14(25)10-21)19(30-13)29-7-6-23-12(18(22)28)8-11-4-2-1-3-5-11/h1-5,12-13,15-17,19,23,26-27H,6-10,20-21H2,(H2,22,28)(H,24,25)/t12-,13+,15+,16+,17+,19-/m0/s1. The van der Waals surface area contributed by atoms with E-state index in [0.717, 1.165) is 5.56 Å². The Balaban J connectivity index is 1.91. The lowest BCUT2D eigenvalue weighted by molar-refractivity contribution is -0.261. The summed E-state index contributed by atoms with van der Waals surface area (Å²) in [6.07, 6.45) is -4.14. The van der Waals surface area contributed by atoms with E-state index in [1.54, 1.807) is 0 Å². The Morgan fingerprint density at radius 1 is 1.17 bits per heavy atom. The van der Waals surface area contributed by atoms with Crippen molar-refractivity contribution in [3.05, 3.63) is 35.9 Å². The third-order valence-corrected chi connectivity index (χ3v) is 4.85. The fourth-order valence-corrected chi connectivity index (χ4v) is 3.20. The summed E-state index contributed by atoms with van der Waals surface area (Å²) in [4.78, 5) is 23.4. The molecule has 11 heteroatoms. The average molecular weight is 425 g/mol. The molecule has 1 saturated heterocycles. The zero-order valence-electron chi connectivity index (χ0n) is 16.6. The first kappa shape index (κ1) is 24.2. The number of carbonyl (C=O) groups excluding carboxylic acids is 2. The van der Waals surface area contributed by atoms with Crippen LogP contribution in [0.15, 0.2) is 30.3 Å². The van der Waals surface area contributed by atoms with Gasteiger partial charge in [-0.25, -0.2) is 0 Å². The second-order valence-electron chi connectivity index (χ2n) is 7.03. The molecule has 0 aromatic heterocycles. The molecule has 1 aliphatic heterocycles. The first-order valence-electron chi connectivity index (χ1n) is 9.76. The molecule has 0 radical (unpaired) electrons. The summed E-state index contributed by atoms with van der Waals surface area (Å²) in [5.74, 6) is -1.04. The monoisotopic (exact) mass is 425 g/mol. The highest BCUT2D eigenvalue weighted by Gasteiger charge is 2.45. The predicted octanol–water partition coefficient (Wildman–Crippen LogP) is -3.46. The number of amides is 2. The molecule has 0 bridgehead atoms. The maximum absolute atomic E-state index is 11.7. The van der Waals surface area contributed by atoms with Crippen LogP contribution in [0.3, 0.4) is 0 Å². The summed E-state index contributed by atoms with van der Waals surface area (Å²) >= 11 is 0. The van der Waals surface area contributed by atoms with Gasteiger partial charge in [0.1, 0.15) is 24.4 Å². The first-order chi connectivity index (χ1) is 14.4. The summed E-state index contributed by atoms with van der Waals surface area (Å²) in [5.41, 5.74) is 17.3. The molecule has 1 aromatic rings. The van der Waals surface area contributed by atoms with Gasteiger partial charge in [0, 0.05) is 13.1 Å². The summed E-state index contributed by atoms with van der Waals surface area (Å²) in [6, 6.07) is 7.80. The summed E-state index contributed by atoms with van der Waals surface area (Å²) in [7, 11) is 0. The van der Waals surface area contributed by atoms with Crippen LogP contribution in [0.2, 0.25) is 0 Å². The average Bonchev–Trinajstić information content (AvgIpc) is 2.75. The number of nitrogens with one attached hydrogen (secondary N) is 2. The van der Waals surface area contributed by atoms with Crippen LogP contribution >= 0.6 is 0 Å². The van der Waals surface area contributed by atoms with E-state index in [-0.39, 0.29) is 26.2 Å². The lowest BCUT2D eigenvalue weighted by Gasteiger charge is -2.42. The Kier molecular flexibility index (Phi) is 9.59. The van der Waals surface area contributed by atoms with Crippen LogP contribution in [0.1, 0.15) is 5.56 Å². The molecule has 2 rings (SSSR count). The SMILES string of the molecule is NCC(=O)N[C@H]1[C@@H](OCCN[C@@H](Cc2ccccc2)C(N)=O)O[C@H](CN)[C@@H](O)[C@@H]1O. The van der Waals surface area contributed by atoms with Crippen LogP contribution in [0.5, 0.6) is 0 Å². The van der Waals surface area contributed by atoms with Crippen LogP contribution < -0.4 is 27.8 Å². The van der Waals surface area contributed by atoms with Gasteiger partial charge in [-0.2, -0.15) is 0 Å². The molecule has 2 amide bonds. The van der Waals surface area contributed by atoms with Gasteiger partial charge in [-0.3, -0.25) is 9.59 Å². The molecule has 1 fully saturated rings. The molecule has 1 heterocycles. The van der Waals surface area contributed by atoms with Crippen molar-refractivity contribution in [3.63, 3.8) is 0 Å². The molecule has 0 unspecified atom stereocenters. The van der Waals surface area contributed by atoms with Crippen molar-refractivity contribution in [2.24, 2.45) is 17.2 Å². The smallest absolute Gasteiger partial charge is 0.234 e. The van der Waals surface area contributed by atoms with Crippen molar-refractivity contribution >= 4 is 11.8 Å². The maximum atomic E-state index is 11.7. The third kappa shape index (κ3) is 6.71. The molecule has 1 aromatic carbocycles. The van der Waals surface area contributed by atoms with E-state index in [0.29, 0.717) is 6.42 Å². The Morgan fingerprint density at radius 3 is 2.47 bits per heavy atom. The minimum atomic E-state index is -1.35. The number of aliphatic hydroxyl groups is 2. The molecule has 11 nitrogen and oxygen atoms in total. The van der Waals surface area contributed by atoms with Crippen molar-refractivity contribution in [1.82, 2.24) is 10.6 Å². The molecule has 0 spiro atoms. The van der Waals surface area contributed by atoms with Gasteiger partial charge in [-0.15, -0.1) is 0 Å². The van der Waals surface area contributed by atoms with Gasteiger partial charge < -0.3 is 47.5 Å². The normalized spacial score (nSPS) is 27.4. The molecule has 10 N–H and O–H groups in total. The van der Waals surface area contributed by atoms with E-state index < -0.39 is 48.5 Å². The van der Waals surface area contributed by atoms with Gasteiger partial charge in [-0.05, 0) is 12.0 Å². The summed E-state index contributed by atoms with van der Waals surface area (Å²) in [6.45, 7) is -0.00939. The lowest BCUT2D eigenvalue weighted by atomic mass is 9.96. The largest absolute Gasteiger partial charge is 0.388 e. The van der Waals surface area contributed by atoms with Gasteiger partial charge in [0.05, 0.1) is 19.2 Å². The minimum Gasteiger partial charge on any atom is -0.388 e. The number of benzene rings is 1.